The highest BCUT2D eigenvalue weighted by Crippen LogP contribution is 2.44. The summed E-state index contributed by atoms with van der Waals surface area (Å²) in [7, 11) is 0. The lowest BCUT2D eigenvalue weighted by Crippen LogP contribution is -2.43. The van der Waals surface area contributed by atoms with Crippen LogP contribution in [0.4, 0.5) is 0 Å². The summed E-state index contributed by atoms with van der Waals surface area (Å²) >= 11 is 0. The first-order valence-corrected chi connectivity index (χ1v) is 7.97. The number of carbonyl (C=O) groups is 2. The van der Waals surface area contributed by atoms with Crippen molar-refractivity contribution in [2.45, 2.75) is 65.3 Å². The molecule has 0 aromatic rings. The van der Waals surface area contributed by atoms with Crippen LogP contribution < -0.4 is 5.32 Å². The number of aliphatic carboxylic acids is 1. The largest absolute Gasteiger partial charge is 0.481 e. The molecular weight excluding hydrogens is 270 g/mol. The van der Waals surface area contributed by atoms with Gasteiger partial charge in [0.25, 0.3) is 0 Å². The molecule has 21 heavy (non-hydrogen) atoms. The molecule has 1 aliphatic carbocycles. The van der Waals surface area contributed by atoms with Gasteiger partial charge in [0.15, 0.2) is 0 Å². The fourth-order valence-corrected chi connectivity index (χ4v) is 3.11. The van der Waals surface area contributed by atoms with Crippen LogP contribution >= 0.6 is 0 Å². The van der Waals surface area contributed by atoms with E-state index in [4.69, 9.17) is 9.84 Å². The van der Waals surface area contributed by atoms with Gasteiger partial charge < -0.3 is 15.2 Å². The predicted molar refractivity (Wildman–Crippen MR) is 81.0 cm³/mol. The van der Waals surface area contributed by atoms with Crippen LogP contribution in [0.2, 0.25) is 0 Å². The summed E-state index contributed by atoms with van der Waals surface area (Å²) in [6, 6.07) is -0.0132. The summed E-state index contributed by atoms with van der Waals surface area (Å²) in [6.45, 7) is 7.16. The van der Waals surface area contributed by atoms with Crippen LogP contribution in [0.15, 0.2) is 0 Å². The van der Waals surface area contributed by atoms with Gasteiger partial charge in [-0.15, -0.1) is 0 Å². The van der Waals surface area contributed by atoms with Gasteiger partial charge in [0.2, 0.25) is 5.91 Å². The van der Waals surface area contributed by atoms with Gasteiger partial charge in [-0.3, -0.25) is 9.59 Å². The van der Waals surface area contributed by atoms with Crippen molar-refractivity contribution in [3.05, 3.63) is 0 Å². The number of nitrogens with one attached hydrogen (secondary N) is 1. The molecule has 0 heterocycles. The number of hydrogen-bond acceptors (Lipinski definition) is 3. The smallest absolute Gasteiger partial charge is 0.303 e. The third-order valence-electron chi connectivity index (χ3n) is 4.38. The fourth-order valence-electron chi connectivity index (χ4n) is 3.11. The molecule has 1 fully saturated rings. The zero-order valence-electron chi connectivity index (χ0n) is 13.5. The first-order valence-electron chi connectivity index (χ1n) is 7.97. The van der Waals surface area contributed by atoms with Crippen LogP contribution in [-0.4, -0.2) is 36.2 Å². The molecule has 5 heteroatoms. The Balaban J connectivity index is 2.58. The first-order chi connectivity index (χ1) is 9.88. The Bertz CT molecular complexity index is 348. The normalized spacial score (nSPS) is 18.7. The van der Waals surface area contributed by atoms with E-state index in [2.05, 4.69) is 5.32 Å². The molecule has 1 amide bonds. The summed E-state index contributed by atoms with van der Waals surface area (Å²) in [5.41, 5.74) is -0.344. The molecule has 1 aliphatic rings. The van der Waals surface area contributed by atoms with E-state index in [1.165, 1.54) is 0 Å². The topological polar surface area (TPSA) is 75.6 Å². The van der Waals surface area contributed by atoms with Crippen LogP contribution in [0, 0.1) is 11.3 Å². The minimum Gasteiger partial charge on any atom is -0.481 e. The van der Waals surface area contributed by atoms with Crippen molar-refractivity contribution >= 4 is 11.9 Å². The summed E-state index contributed by atoms with van der Waals surface area (Å²) in [5, 5.41) is 12.1. The summed E-state index contributed by atoms with van der Waals surface area (Å²) < 4.78 is 5.41. The quantitative estimate of drug-likeness (QED) is 0.686. The first kappa shape index (κ1) is 18.0. The monoisotopic (exact) mass is 299 g/mol. The standard InChI is InChI=1S/C16H29NO4/c1-4-21-11-13(12(2)3)17-14(18)9-16(10-15(19)20)7-5-6-8-16/h12-13H,4-11H2,1-3H3,(H,17,18)(H,19,20). The van der Waals surface area contributed by atoms with E-state index in [1.54, 1.807) is 0 Å². The van der Waals surface area contributed by atoms with Crippen LogP contribution in [0.1, 0.15) is 59.3 Å². The van der Waals surface area contributed by atoms with Crippen molar-refractivity contribution in [3.8, 4) is 0 Å². The molecule has 2 N–H and O–H groups in total. The minimum atomic E-state index is -0.806. The van der Waals surface area contributed by atoms with Crippen molar-refractivity contribution in [2.24, 2.45) is 11.3 Å². The molecule has 1 rings (SSSR count). The van der Waals surface area contributed by atoms with E-state index in [9.17, 15) is 9.59 Å². The van der Waals surface area contributed by atoms with E-state index >= 15 is 0 Å². The van der Waals surface area contributed by atoms with Crippen molar-refractivity contribution in [2.75, 3.05) is 13.2 Å². The zero-order valence-corrected chi connectivity index (χ0v) is 13.5. The Labute approximate surface area is 127 Å². The van der Waals surface area contributed by atoms with E-state index in [0.29, 0.717) is 25.6 Å². The van der Waals surface area contributed by atoms with E-state index in [0.717, 1.165) is 25.7 Å². The summed E-state index contributed by atoms with van der Waals surface area (Å²) in [4.78, 5) is 23.4. The van der Waals surface area contributed by atoms with E-state index in [1.807, 2.05) is 20.8 Å². The maximum atomic E-state index is 12.3. The van der Waals surface area contributed by atoms with Crippen LogP contribution in [-0.2, 0) is 14.3 Å². The number of rotatable bonds is 9. The molecule has 5 nitrogen and oxygen atoms in total. The third-order valence-corrected chi connectivity index (χ3v) is 4.38. The number of carboxylic acids is 1. The van der Waals surface area contributed by atoms with E-state index < -0.39 is 5.97 Å². The molecule has 0 radical (unpaired) electrons. The van der Waals surface area contributed by atoms with Crippen LogP contribution in [0.5, 0.6) is 0 Å². The minimum absolute atomic E-state index is 0.0132. The Morgan fingerprint density at radius 1 is 1.24 bits per heavy atom. The van der Waals surface area contributed by atoms with Gasteiger partial charge in [0.05, 0.1) is 19.1 Å². The van der Waals surface area contributed by atoms with Crippen molar-refractivity contribution in [1.29, 1.82) is 0 Å². The van der Waals surface area contributed by atoms with Gasteiger partial charge in [-0.2, -0.15) is 0 Å². The van der Waals surface area contributed by atoms with E-state index in [-0.39, 0.29) is 23.8 Å². The van der Waals surface area contributed by atoms with Crippen molar-refractivity contribution in [1.82, 2.24) is 5.32 Å². The predicted octanol–water partition coefficient (Wildman–Crippen LogP) is 2.59. The van der Waals surface area contributed by atoms with Crippen molar-refractivity contribution in [3.63, 3.8) is 0 Å². The van der Waals surface area contributed by atoms with Gasteiger partial charge in [0, 0.05) is 13.0 Å². The summed E-state index contributed by atoms with van der Waals surface area (Å²) in [5.74, 6) is -0.560. The Hall–Kier alpha value is -1.10. The maximum absolute atomic E-state index is 12.3. The lowest BCUT2D eigenvalue weighted by atomic mass is 9.79. The molecule has 0 aliphatic heterocycles. The highest BCUT2D eigenvalue weighted by atomic mass is 16.5. The molecule has 0 aromatic heterocycles. The second kappa shape index (κ2) is 8.37. The zero-order chi connectivity index (χ0) is 15.9. The SMILES string of the molecule is CCOCC(NC(=O)CC1(CC(=O)O)CCCC1)C(C)C. The number of carboxylic acid groups (broad SMARTS) is 1. The van der Waals surface area contributed by atoms with Crippen molar-refractivity contribution < 1.29 is 19.4 Å². The molecule has 122 valence electrons. The Kier molecular flexibility index (Phi) is 7.15. The number of carbonyl (C=O) groups excluding carboxylic acids is 1. The molecular formula is C16H29NO4. The molecule has 0 spiro atoms. The van der Waals surface area contributed by atoms with Gasteiger partial charge >= 0.3 is 5.97 Å². The number of amides is 1. The Morgan fingerprint density at radius 3 is 2.33 bits per heavy atom. The second-order valence-corrected chi connectivity index (χ2v) is 6.53. The average Bonchev–Trinajstić information content (AvgIpc) is 2.81. The Morgan fingerprint density at radius 2 is 1.86 bits per heavy atom. The summed E-state index contributed by atoms with van der Waals surface area (Å²) in [6.07, 6.45) is 4.13. The number of ether oxygens (including phenoxy) is 1. The molecule has 0 bridgehead atoms. The average molecular weight is 299 g/mol. The highest BCUT2D eigenvalue weighted by molar-refractivity contribution is 5.78. The van der Waals surface area contributed by atoms with Gasteiger partial charge in [-0.1, -0.05) is 26.7 Å². The molecule has 0 saturated heterocycles. The fraction of sp³-hybridized carbons (Fsp3) is 0.875. The third kappa shape index (κ3) is 6.04. The molecule has 0 aromatic carbocycles. The van der Waals surface area contributed by atoms with Gasteiger partial charge in [-0.05, 0) is 31.1 Å². The maximum Gasteiger partial charge on any atom is 0.303 e. The van der Waals surface area contributed by atoms with Gasteiger partial charge in [0.1, 0.15) is 0 Å². The molecule has 1 unspecified atom stereocenters. The van der Waals surface area contributed by atoms with Crippen LogP contribution in [0.25, 0.3) is 0 Å². The lowest BCUT2D eigenvalue weighted by molar-refractivity contribution is -0.140. The lowest BCUT2D eigenvalue weighted by Gasteiger charge is -2.29. The highest BCUT2D eigenvalue weighted by Gasteiger charge is 2.38. The molecule has 1 saturated carbocycles. The number of hydrogen-bond donors (Lipinski definition) is 2. The van der Waals surface area contributed by atoms with Gasteiger partial charge in [-0.25, -0.2) is 0 Å². The molecule has 1 atom stereocenters. The second-order valence-electron chi connectivity index (χ2n) is 6.53. The van der Waals surface area contributed by atoms with Crippen LogP contribution in [0.3, 0.4) is 0 Å².